The second-order valence-corrected chi connectivity index (χ2v) is 5.76. The van der Waals surface area contributed by atoms with Crippen LogP contribution >= 0.6 is 0 Å². The molecule has 1 aliphatic rings. The van der Waals surface area contributed by atoms with Crippen molar-refractivity contribution in [2.75, 3.05) is 19.8 Å². The zero-order chi connectivity index (χ0) is 15.1. The van der Waals surface area contributed by atoms with Crippen LogP contribution < -0.4 is 14.8 Å². The molecular formula is C18H29NO2. The van der Waals surface area contributed by atoms with Crippen LogP contribution in [0.2, 0.25) is 0 Å². The van der Waals surface area contributed by atoms with E-state index in [2.05, 4.69) is 30.4 Å². The first kappa shape index (κ1) is 16.2. The van der Waals surface area contributed by atoms with Crippen molar-refractivity contribution in [3.63, 3.8) is 0 Å². The fourth-order valence-electron chi connectivity index (χ4n) is 2.63. The van der Waals surface area contributed by atoms with E-state index in [-0.39, 0.29) is 0 Å². The second kappa shape index (κ2) is 8.28. The summed E-state index contributed by atoms with van der Waals surface area (Å²) >= 11 is 0. The lowest BCUT2D eigenvalue weighted by molar-refractivity contribution is 0.287. The van der Waals surface area contributed by atoms with E-state index in [1.54, 1.807) is 0 Å². The van der Waals surface area contributed by atoms with Crippen molar-refractivity contribution in [2.45, 2.75) is 52.5 Å². The summed E-state index contributed by atoms with van der Waals surface area (Å²) in [6, 6.07) is 6.83. The fourth-order valence-corrected chi connectivity index (χ4v) is 2.63. The van der Waals surface area contributed by atoms with E-state index >= 15 is 0 Å². The van der Waals surface area contributed by atoms with Gasteiger partial charge in [-0.05, 0) is 56.8 Å². The Kier molecular flexibility index (Phi) is 6.37. The molecule has 0 amide bonds. The predicted octanol–water partition coefficient (Wildman–Crippen LogP) is 4.32. The fraction of sp³-hybridized carbons (Fsp3) is 0.667. The Bertz CT molecular complexity index is 429. The van der Waals surface area contributed by atoms with Crippen molar-refractivity contribution in [3.05, 3.63) is 23.8 Å². The molecule has 0 heterocycles. The van der Waals surface area contributed by atoms with Crippen LogP contribution in [0.4, 0.5) is 0 Å². The molecule has 3 heteroatoms. The minimum atomic E-state index is 0.437. The molecule has 1 N–H and O–H groups in total. The summed E-state index contributed by atoms with van der Waals surface area (Å²) in [4.78, 5) is 0. The SMILES string of the molecule is CCCNC(CC1CC1)c1ccc(OCC)c(OCC)c1. The highest BCUT2D eigenvalue weighted by molar-refractivity contribution is 5.44. The molecule has 0 bridgehead atoms. The van der Waals surface area contributed by atoms with Crippen LogP contribution in [0.25, 0.3) is 0 Å². The van der Waals surface area contributed by atoms with Crippen molar-refractivity contribution in [3.8, 4) is 11.5 Å². The van der Waals surface area contributed by atoms with Gasteiger partial charge in [-0.2, -0.15) is 0 Å². The van der Waals surface area contributed by atoms with Crippen LogP contribution in [-0.2, 0) is 0 Å². The molecule has 0 saturated heterocycles. The van der Waals surface area contributed by atoms with Crippen molar-refractivity contribution >= 4 is 0 Å². The highest BCUT2D eigenvalue weighted by Gasteiger charge is 2.26. The molecule has 0 aliphatic heterocycles. The van der Waals surface area contributed by atoms with Crippen LogP contribution in [0.15, 0.2) is 18.2 Å². The third-order valence-electron chi connectivity index (χ3n) is 3.88. The Labute approximate surface area is 129 Å². The molecule has 1 aromatic carbocycles. The molecule has 1 unspecified atom stereocenters. The van der Waals surface area contributed by atoms with Crippen molar-refractivity contribution in [1.82, 2.24) is 5.32 Å². The number of ether oxygens (including phenoxy) is 2. The van der Waals surface area contributed by atoms with Crippen LogP contribution in [0.5, 0.6) is 11.5 Å². The summed E-state index contributed by atoms with van der Waals surface area (Å²) < 4.78 is 11.4. The van der Waals surface area contributed by atoms with E-state index in [4.69, 9.17) is 9.47 Å². The van der Waals surface area contributed by atoms with Crippen molar-refractivity contribution < 1.29 is 9.47 Å². The quantitative estimate of drug-likeness (QED) is 0.696. The Morgan fingerprint density at radius 3 is 2.43 bits per heavy atom. The normalized spacial score (nSPS) is 15.8. The minimum absolute atomic E-state index is 0.437. The molecule has 2 rings (SSSR count). The largest absolute Gasteiger partial charge is 0.490 e. The van der Waals surface area contributed by atoms with E-state index in [0.717, 1.165) is 30.4 Å². The van der Waals surface area contributed by atoms with E-state index in [1.165, 1.54) is 24.8 Å². The monoisotopic (exact) mass is 291 g/mol. The zero-order valence-corrected chi connectivity index (χ0v) is 13.7. The highest BCUT2D eigenvalue weighted by Crippen LogP contribution is 2.39. The molecule has 21 heavy (non-hydrogen) atoms. The average molecular weight is 291 g/mol. The summed E-state index contributed by atoms with van der Waals surface area (Å²) in [7, 11) is 0. The van der Waals surface area contributed by atoms with Gasteiger partial charge in [0, 0.05) is 6.04 Å². The first-order chi connectivity index (χ1) is 10.3. The molecule has 1 aliphatic carbocycles. The first-order valence-corrected chi connectivity index (χ1v) is 8.41. The van der Waals surface area contributed by atoms with E-state index in [9.17, 15) is 0 Å². The minimum Gasteiger partial charge on any atom is -0.490 e. The van der Waals surface area contributed by atoms with Gasteiger partial charge < -0.3 is 14.8 Å². The highest BCUT2D eigenvalue weighted by atomic mass is 16.5. The maximum absolute atomic E-state index is 5.75. The summed E-state index contributed by atoms with van der Waals surface area (Å²) in [5, 5.41) is 3.68. The summed E-state index contributed by atoms with van der Waals surface area (Å²) in [5.74, 6) is 2.63. The molecule has 1 fully saturated rings. The van der Waals surface area contributed by atoms with Crippen LogP contribution in [0, 0.1) is 5.92 Å². The van der Waals surface area contributed by atoms with Crippen molar-refractivity contribution in [2.24, 2.45) is 5.92 Å². The molecular weight excluding hydrogens is 262 g/mol. The number of rotatable bonds is 10. The van der Waals surface area contributed by atoms with Gasteiger partial charge >= 0.3 is 0 Å². The van der Waals surface area contributed by atoms with Gasteiger partial charge in [0.1, 0.15) is 0 Å². The van der Waals surface area contributed by atoms with Gasteiger partial charge in [-0.15, -0.1) is 0 Å². The van der Waals surface area contributed by atoms with Gasteiger partial charge in [0.05, 0.1) is 13.2 Å². The molecule has 0 radical (unpaired) electrons. The Morgan fingerprint density at radius 1 is 1.10 bits per heavy atom. The standard InChI is InChI=1S/C18H29NO2/c1-4-11-19-16(12-14-7-8-14)15-9-10-17(20-5-2)18(13-15)21-6-3/h9-10,13-14,16,19H,4-8,11-12H2,1-3H3. The van der Waals surface area contributed by atoms with Crippen LogP contribution in [0.1, 0.15) is 58.1 Å². The lowest BCUT2D eigenvalue weighted by Crippen LogP contribution is -2.22. The van der Waals surface area contributed by atoms with E-state index in [0.29, 0.717) is 19.3 Å². The number of hydrogen-bond acceptors (Lipinski definition) is 3. The smallest absolute Gasteiger partial charge is 0.161 e. The molecule has 0 aromatic heterocycles. The first-order valence-electron chi connectivity index (χ1n) is 8.41. The number of benzene rings is 1. The van der Waals surface area contributed by atoms with Gasteiger partial charge in [-0.1, -0.05) is 25.8 Å². The van der Waals surface area contributed by atoms with Gasteiger partial charge in [0.25, 0.3) is 0 Å². The molecule has 1 atom stereocenters. The van der Waals surface area contributed by atoms with Gasteiger partial charge in [0.15, 0.2) is 11.5 Å². The topological polar surface area (TPSA) is 30.5 Å². The molecule has 118 valence electrons. The second-order valence-electron chi connectivity index (χ2n) is 5.76. The Morgan fingerprint density at radius 2 is 1.81 bits per heavy atom. The Balaban J connectivity index is 2.15. The Hall–Kier alpha value is -1.22. The molecule has 1 saturated carbocycles. The molecule has 1 aromatic rings. The number of nitrogens with one attached hydrogen (secondary N) is 1. The third-order valence-corrected chi connectivity index (χ3v) is 3.88. The van der Waals surface area contributed by atoms with Gasteiger partial charge in [-0.25, -0.2) is 0 Å². The van der Waals surface area contributed by atoms with E-state index < -0.39 is 0 Å². The summed E-state index contributed by atoms with van der Waals surface area (Å²) in [6.45, 7) is 8.62. The van der Waals surface area contributed by atoms with E-state index in [1.807, 2.05) is 13.8 Å². The van der Waals surface area contributed by atoms with Gasteiger partial charge in [-0.3, -0.25) is 0 Å². The van der Waals surface area contributed by atoms with Gasteiger partial charge in [0.2, 0.25) is 0 Å². The maximum atomic E-state index is 5.75. The lowest BCUT2D eigenvalue weighted by Gasteiger charge is -2.21. The number of hydrogen-bond donors (Lipinski definition) is 1. The predicted molar refractivity (Wildman–Crippen MR) is 87.2 cm³/mol. The van der Waals surface area contributed by atoms with Crippen LogP contribution in [-0.4, -0.2) is 19.8 Å². The molecule has 0 spiro atoms. The average Bonchev–Trinajstić information content (AvgIpc) is 3.30. The molecule has 3 nitrogen and oxygen atoms in total. The van der Waals surface area contributed by atoms with Crippen LogP contribution in [0.3, 0.4) is 0 Å². The third kappa shape index (κ3) is 4.92. The lowest BCUT2D eigenvalue weighted by atomic mass is 10.0. The summed E-state index contributed by atoms with van der Waals surface area (Å²) in [6.07, 6.45) is 5.18. The van der Waals surface area contributed by atoms with Crippen molar-refractivity contribution in [1.29, 1.82) is 0 Å². The summed E-state index contributed by atoms with van der Waals surface area (Å²) in [5.41, 5.74) is 1.32. The zero-order valence-electron chi connectivity index (χ0n) is 13.7. The maximum Gasteiger partial charge on any atom is 0.161 e.